The van der Waals surface area contributed by atoms with Crippen molar-refractivity contribution in [1.29, 1.82) is 0 Å². The standard InChI is InChI=1S/C29H39N3O3/c1-29(2,3)23-7-5-22(6-8-23)28(34)32-19-15-25(16-20-32)31-17-13-21(14-18-31)27(33)30-24-9-11-26(35-4)12-10-24/h5-12,21,25H,13-20H2,1-4H3,(H,30,33). The zero-order valence-corrected chi connectivity index (χ0v) is 21.5. The van der Waals surface area contributed by atoms with Gasteiger partial charge in [-0.05, 0) is 86.1 Å². The van der Waals surface area contributed by atoms with Gasteiger partial charge in [0.25, 0.3) is 5.91 Å². The summed E-state index contributed by atoms with van der Waals surface area (Å²) in [6.45, 7) is 10.0. The third kappa shape index (κ3) is 6.23. The predicted octanol–water partition coefficient (Wildman–Crippen LogP) is 4.95. The number of nitrogens with one attached hydrogen (secondary N) is 1. The Morgan fingerprint density at radius 2 is 1.46 bits per heavy atom. The van der Waals surface area contributed by atoms with Crippen LogP contribution in [-0.4, -0.2) is 60.9 Å². The molecule has 0 aromatic heterocycles. The van der Waals surface area contributed by atoms with Crippen LogP contribution in [0.2, 0.25) is 0 Å². The molecule has 0 radical (unpaired) electrons. The first kappa shape index (κ1) is 25.2. The van der Waals surface area contributed by atoms with Crippen LogP contribution >= 0.6 is 0 Å². The van der Waals surface area contributed by atoms with E-state index in [0.29, 0.717) is 6.04 Å². The van der Waals surface area contributed by atoms with Crippen LogP contribution in [0.5, 0.6) is 5.75 Å². The molecule has 6 nitrogen and oxygen atoms in total. The van der Waals surface area contributed by atoms with Gasteiger partial charge in [0.1, 0.15) is 5.75 Å². The Morgan fingerprint density at radius 1 is 0.857 bits per heavy atom. The van der Waals surface area contributed by atoms with E-state index in [-0.39, 0.29) is 23.1 Å². The number of hydrogen-bond acceptors (Lipinski definition) is 4. The molecule has 188 valence electrons. The number of ether oxygens (including phenoxy) is 1. The highest BCUT2D eigenvalue weighted by Crippen LogP contribution is 2.27. The van der Waals surface area contributed by atoms with Crippen LogP contribution in [0.25, 0.3) is 0 Å². The molecule has 2 aromatic carbocycles. The van der Waals surface area contributed by atoms with E-state index in [1.807, 2.05) is 41.3 Å². The number of carbonyl (C=O) groups is 2. The second kappa shape index (κ2) is 10.8. The normalized spacial score (nSPS) is 18.3. The number of anilines is 1. The highest BCUT2D eigenvalue weighted by molar-refractivity contribution is 5.94. The fraction of sp³-hybridized carbons (Fsp3) is 0.517. The van der Waals surface area contributed by atoms with E-state index in [9.17, 15) is 9.59 Å². The fourth-order valence-corrected chi connectivity index (χ4v) is 5.17. The Kier molecular flexibility index (Phi) is 7.80. The summed E-state index contributed by atoms with van der Waals surface area (Å²) in [4.78, 5) is 30.3. The minimum atomic E-state index is 0.0473. The van der Waals surface area contributed by atoms with Gasteiger partial charge in [0.05, 0.1) is 7.11 Å². The van der Waals surface area contributed by atoms with Crippen molar-refractivity contribution in [2.45, 2.75) is 57.9 Å². The lowest BCUT2D eigenvalue weighted by molar-refractivity contribution is -0.121. The molecule has 0 bridgehead atoms. The Hall–Kier alpha value is -2.86. The third-order valence-electron chi connectivity index (χ3n) is 7.52. The van der Waals surface area contributed by atoms with Gasteiger partial charge >= 0.3 is 0 Å². The van der Waals surface area contributed by atoms with Crippen LogP contribution in [0.15, 0.2) is 48.5 Å². The van der Waals surface area contributed by atoms with Crippen molar-refractivity contribution in [3.8, 4) is 5.75 Å². The summed E-state index contributed by atoms with van der Waals surface area (Å²) in [5.41, 5.74) is 2.92. The molecule has 2 fully saturated rings. The number of benzene rings is 2. The molecule has 2 aliphatic rings. The van der Waals surface area contributed by atoms with Crippen LogP contribution in [0.3, 0.4) is 0 Å². The molecule has 0 atom stereocenters. The van der Waals surface area contributed by atoms with E-state index in [0.717, 1.165) is 68.9 Å². The van der Waals surface area contributed by atoms with Crippen molar-refractivity contribution in [2.24, 2.45) is 5.92 Å². The molecule has 1 N–H and O–H groups in total. The molecule has 2 amide bonds. The van der Waals surface area contributed by atoms with Crippen molar-refractivity contribution in [3.63, 3.8) is 0 Å². The molecule has 2 heterocycles. The number of methoxy groups -OCH3 is 1. The summed E-state index contributed by atoms with van der Waals surface area (Å²) >= 11 is 0. The number of amides is 2. The van der Waals surface area contributed by atoms with E-state index < -0.39 is 0 Å². The third-order valence-corrected chi connectivity index (χ3v) is 7.52. The molecule has 35 heavy (non-hydrogen) atoms. The first-order valence-corrected chi connectivity index (χ1v) is 12.8. The maximum atomic E-state index is 13.0. The summed E-state index contributed by atoms with van der Waals surface area (Å²) in [7, 11) is 1.63. The number of hydrogen-bond donors (Lipinski definition) is 1. The molecule has 2 aliphatic heterocycles. The van der Waals surface area contributed by atoms with E-state index in [4.69, 9.17) is 4.74 Å². The molecule has 2 aromatic rings. The van der Waals surface area contributed by atoms with Gasteiger partial charge < -0.3 is 19.9 Å². The Balaban J connectivity index is 1.22. The summed E-state index contributed by atoms with van der Waals surface area (Å²) < 4.78 is 5.18. The van der Waals surface area contributed by atoms with Crippen molar-refractivity contribution in [2.75, 3.05) is 38.6 Å². The zero-order chi connectivity index (χ0) is 25.0. The van der Waals surface area contributed by atoms with Gasteiger partial charge in [-0.2, -0.15) is 0 Å². The molecule has 0 aliphatic carbocycles. The second-order valence-electron chi connectivity index (χ2n) is 10.9. The number of piperidine rings is 2. The van der Waals surface area contributed by atoms with Gasteiger partial charge in [0.15, 0.2) is 0 Å². The lowest BCUT2D eigenvalue weighted by Gasteiger charge is -2.41. The first-order valence-electron chi connectivity index (χ1n) is 12.8. The van der Waals surface area contributed by atoms with E-state index in [2.05, 4.69) is 43.1 Å². The average Bonchev–Trinajstić information content (AvgIpc) is 2.88. The number of carbonyl (C=O) groups excluding carboxylic acids is 2. The van der Waals surface area contributed by atoms with E-state index >= 15 is 0 Å². The molecule has 0 saturated carbocycles. The van der Waals surface area contributed by atoms with Gasteiger partial charge in [-0.3, -0.25) is 9.59 Å². The van der Waals surface area contributed by atoms with Gasteiger partial charge in [-0.25, -0.2) is 0 Å². The molecular formula is C29H39N3O3. The van der Waals surface area contributed by atoms with Gasteiger partial charge in [-0.1, -0.05) is 32.9 Å². The minimum absolute atomic E-state index is 0.0473. The predicted molar refractivity (Wildman–Crippen MR) is 140 cm³/mol. The van der Waals surface area contributed by atoms with Crippen LogP contribution in [0.4, 0.5) is 5.69 Å². The van der Waals surface area contributed by atoms with Gasteiger partial charge in [0.2, 0.25) is 5.91 Å². The zero-order valence-electron chi connectivity index (χ0n) is 21.5. The van der Waals surface area contributed by atoms with Crippen molar-refractivity contribution in [1.82, 2.24) is 9.80 Å². The summed E-state index contributed by atoms with van der Waals surface area (Å²) in [6, 6.07) is 16.1. The molecule has 4 rings (SSSR count). The summed E-state index contributed by atoms with van der Waals surface area (Å²) in [5, 5.41) is 3.05. The average molecular weight is 478 g/mol. The SMILES string of the molecule is COc1ccc(NC(=O)C2CCN(C3CCN(C(=O)c4ccc(C(C)(C)C)cc4)CC3)CC2)cc1. The van der Waals surface area contributed by atoms with Crippen LogP contribution in [-0.2, 0) is 10.2 Å². The summed E-state index contributed by atoms with van der Waals surface area (Å²) in [6.07, 6.45) is 3.74. The van der Waals surface area contributed by atoms with E-state index in [1.54, 1.807) is 7.11 Å². The maximum Gasteiger partial charge on any atom is 0.253 e. The van der Waals surface area contributed by atoms with Crippen molar-refractivity contribution in [3.05, 3.63) is 59.7 Å². The van der Waals surface area contributed by atoms with Gasteiger partial charge in [0, 0.05) is 36.3 Å². The molecule has 6 heteroatoms. The van der Waals surface area contributed by atoms with E-state index in [1.165, 1.54) is 5.56 Å². The number of rotatable bonds is 5. The minimum Gasteiger partial charge on any atom is -0.497 e. The molecule has 0 unspecified atom stereocenters. The summed E-state index contributed by atoms with van der Waals surface area (Å²) in [5.74, 6) is 1.07. The first-order chi connectivity index (χ1) is 16.7. The molecule has 2 saturated heterocycles. The second-order valence-corrected chi connectivity index (χ2v) is 10.9. The Bertz CT molecular complexity index is 995. The van der Waals surface area contributed by atoms with Crippen molar-refractivity contribution < 1.29 is 14.3 Å². The highest BCUT2D eigenvalue weighted by Gasteiger charge is 2.32. The largest absolute Gasteiger partial charge is 0.497 e. The molecule has 0 spiro atoms. The monoisotopic (exact) mass is 477 g/mol. The quantitative estimate of drug-likeness (QED) is 0.662. The number of likely N-dealkylation sites (tertiary alicyclic amines) is 2. The fourth-order valence-electron chi connectivity index (χ4n) is 5.17. The highest BCUT2D eigenvalue weighted by atomic mass is 16.5. The number of nitrogens with zero attached hydrogens (tertiary/aromatic N) is 2. The lowest BCUT2D eigenvalue weighted by Crippen LogP contribution is -2.49. The van der Waals surface area contributed by atoms with Gasteiger partial charge in [-0.15, -0.1) is 0 Å². The Labute approximate surface area is 209 Å². The van der Waals surface area contributed by atoms with Crippen molar-refractivity contribution >= 4 is 17.5 Å². The Morgan fingerprint density at radius 3 is 2.00 bits per heavy atom. The maximum absolute atomic E-state index is 13.0. The molecular weight excluding hydrogens is 438 g/mol. The van der Waals surface area contributed by atoms with Crippen LogP contribution < -0.4 is 10.1 Å². The topological polar surface area (TPSA) is 61.9 Å². The smallest absolute Gasteiger partial charge is 0.253 e. The lowest BCUT2D eigenvalue weighted by atomic mass is 9.86. The van der Waals surface area contributed by atoms with Crippen LogP contribution in [0.1, 0.15) is 62.4 Å². The van der Waals surface area contributed by atoms with Crippen LogP contribution in [0, 0.1) is 5.92 Å².